The summed E-state index contributed by atoms with van der Waals surface area (Å²) in [6.07, 6.45) is 5.29. The average Bonchev–Trinajstić information content (AvgIpc) is 3.21. The van der Waals surface area contributed by atoms with E-state index in [0.29, 0.717) is 11.6 Å². The SMILES string of the molecule is O=C(Cn1ccc(C(O)C2CC2)c1)Nc1ccc(F)cc1. The van der Waals surface area contributed by atoms with Crippen LogP contribution in [-0.4, -0.2) is 15.6 Å². The Kier molecular flexibility index (Phi) is 3.75. The minimum absolute atomic E-state index is 0.161. The van der Waals surface area contributed by atoms with Crippen LogP contribution in [0.2, 0.25) is 0 Å². The first-order valence-corrected chi connectivity index (χ1v) is 7.01. The molecule has 0 saturated heterocycles. The van der Waals surface area contributed by atoms with Crippen LogP contribution in [0.4, 0.5) is 10.1 Å². The Balaban J connectivity index is 1.58. The zero-order chi connectivity index (χ0) is 14.8. The average molecular weight is 288 g/mol. The maximum atomic E-state index is 12.8. The molecule has 110 valence electrons. The molecule has 1 heterocycles. The van der Waals surface area contributed by atoms with E-state index in [9.17, 15) is 14.3 Å². The number of rotatable bonds is 5. The van der Waals surface area contributed by atoms with Crippen LogP contribution in [0.3, 0.4) is 0 Å². The molecule has 1 fully saturated rings. The molecule has 1 aliphatic rings. The standard InChI is InChI=1S/C16H17FN2O2/c17-13-3-5-14(6-4-13)18-15(20)10-19-8-7-12(9-19)16(21)11-1-2-11/h3-9,11,16,21H,1-2,10H2,(H,18,20). The van der Waals surface area contributed by atoms with Crippen LogP contribution in [-0.2, 0) is 11.3 Å². The Morgan fingerprint density at radius 1 is 1.33 bits per heavy atom. The van der Waals surface area contributed by atoms with E-state index in [2.05, 4.69) is 5.32 Å². The summed E-state index contributed by atoms with van der Waals surface area (Å²) in [6, 6.07) is 7.48. The topological polar surface area (TPSA) is 54.3 Å². The molecule has 0 aliphatic heterocycles. The molecule has 1 unspecified atom stereocenters. The Morgan fingerprint density at radius 2 is 2.05 bits per heavy atom. The zero-order valence-electron chi connectivity index (χ0n) is 11.5. The molecule has 5 heteroatoms. The van der Waals surface area contributed by atoms with Crippen molar-refractivity contribution in [2.75, 3.05) is 5.32 Å². The van der Waals surface area contributed by atoms with Gasteiger partial charge in [-0.05, 0) is 54.7 Å². The second-order valence-electron chi connectivity index (χ2n) is 5.45. The van der Waals surface area contributed by atoms with Crippen molar-refractivity contribution < 1.29 is 14.3 Å². The molecule has 0 radical (unpaired) electrons. The lowest BCUT2D eigenvalue weighted by Gasteiger charge is -2.07. The third-order valence-electron chi connectivity index (χ3n) is 3.64. The van der Waals surface area contributed by atoms with Crippen molar-refractivity contribution in [3.63, 3.8) is 0 Å². The van der Waals surface area contributed by atoms with Gasteiger partial charge in [-0.2, -0.15) is 0 Å². The number of nitrogens with zero attached hydrogens (tertiary/aromatic N) is 1. The highest BCUT2D eigenvalue weighted by molar-refractivity contribution is 5.90. The van der Waals surface area contributed by atoms with E-state index in [-0.39, 0.29) is 18.3 Å². The molecule has 2 aromatic rings. The summed E-state index contributed by atoms with van der Waals surface area (Å²) in [5.74, 6) is -0.157. The van der Waals surface area contributed by atoms with E-state index in [1.165, 1.54) is 24.3 Å². The van der Waals surface area contributed by atoms with Gasteiger partial charge in [0.25, 0.3) is 0 Å². The highest BCUT2D eigenvalue weighted by Gasteiger charge is 2.31. The van der Waals surface area contributed by atoms with Crippen molar-refractivity contribution >= 4 is 11.6 Å². The van der Waals surface area contributed by atoms with Gasteiger partial charge >= 0.3 is 0 Å². The minimum Gasteiger partial charge on any atom is -0.388 e. The third kappa shape index (κ3) is 3.49. The molecule has 1 saturated carbocycles. The summed E-state index contributed by atoms with van der Waals surface area (Å²) < 4.78 is 14.5. The molecule has 1 atom stereocenters. The van der Waals surface area contributed by atoms with E-state index < -0.39 is 6.10 Å². The summed E-state index contributed by atoms with van der Waals surface area (Å²) >= 11 is 0. The van der Waals surface area contributed by atoms with Gasteiger partial charge in [0.1, 0.15) is 12.4 Å². The molecular weight excluding hydrogens is 271 g/mol. The van der Waals surface area contributed by atoms with Crippen molar-refractivity contribution in [1.82, 2.24) is 4.57 Å². The van der Waals surface area contributed by atoms with E-state index in [1.54, 1.807) is 17.0 Å². The normalized spacial score (nSPS) is 15.7. The fourth-order valence-electron chi connectivity index (χ4n) is 2.32. The predicted octanol–water partition coefficient (Wildman–Crippen LogP) is 2.71. The number of carbonyl (C=O) groups is 1. The highest BCUT2D eigenvalue weighted by Crippen LogP contribution is 2.40. The Hall–Kier alpha value is -2.14. The Bertz CT molecular complexity index is 632. The summed E-state index contributed by atoms with van der Waals surface area (Å²) in [5.41, 5.74) is 1.42. The number of anilines is 1. The van der Waals surface area contributed by atoms with Crippen LogP contribution < -0.4 is 5.32 Å². The molecule has 0 spiro atoms. The van der Waals surface area contributed by atoms with Crippen LogP contribution in [0.25, 0.3) is 0 Å². The Labute approximate surface area is 122 Å². The minimum atomic E-state index is -0.425. The zero-order valence-corrected chi connectivity index (χ0v) is 11.5. The predicted molar refractivity (Wildman–Crippen MR) is 77.1 cm³/mol. The van der Waals surface area contributed by atoms with Crippen molar-refractivity contribution in [3.05, 3.63) is 54.1 Å². The molecule has 4 nitrogen and oxygen atoms in total. The van der Waals surface area contributed by atoms with Gasteiger partial charge < -0.3 is 15.0 Å². The van der Waals surface area contributed by atoms with Crippen LogP contribution >= 0.6 is 0 Å². The van der Waals surface area contributed by atoms with Crippen molar-refractivity contribution in [1.29, 1.82) is 0 Å². The fourth-order valence-corrected chi connectivity index (χ4v) is 2.32. The number of hydrogen-bond donors (Lipinski definition) is 2. The van der Waals surface area contributed by atoms with Crippen LogP contribution in [0.5, 0.6) is 0 Å². The molecule has 1 aliphatic carbocycles. The molecule has 21 heavy (non-hydrogen) atoms. The number of aliphatic hydroxyl groups excluding tert-OH is 1. The largest absolute Gasteiger partial charge is 0.388 e. The number of halogens is 1. The number of nitrogens with one attached hydrogen (secondary N) is 1. The van der Waals surface area contributed by atoms with Crippen LogP contribution in [0.1, 0.15) is 24.5 Å². The maximum Gasteiger partial charge on any atom is 0.244 e. The number of hydrogen-bond acceptors (Lipinski definition) is 2. The van der Waals surface area contributed by atoms with E-state index in [4.69, 9.17) is 0 Å². The maximum absolute atomic E-state index is 12.8. The van der Waals surface area contributed by atoms with E-state index in [0.717, 1.165) is 18.4 Å². The highest BCUT2D eigenvalue weighted by atomic mass is 19.1. The molecule has 1 amide bonds. The molecule has 1 aromatic carbocycles. The lowest BCUT2D eigenvalue weighted by atomic mass is 10.1. The van der Waals surface area contributed by atoms with Crippen molar-refractivity contribution in [2.24, 2.45) is 5.92 Å². The van der Waals surface area contributed by atoms with Gasteiger partial charge in [0.05, 0.1) is 6.10 Å². The lowest BCUT2D eigenvalue weighted by molar-refractivity contribution is -0.116. The number of carbonyl (C=O) groups excluding carboxylic acids is 1. The smallest absolute Gasteiger partial charge is 0.244 e. The second kappa shape index (κ2) is 5.69. The second-order valence-corrected chi connectivity index (χ2v) is 5.45. The van der Waals surface area contributed by atoms with Crippen molar-refractivity contribution in [3.8, 4) is 0 Å². The van der Waals surface area contributed by atoms with E-state index in [1.807, 2.05) is 6.07 Å². The first-order chi connectivity index (χ1) is 10.1. The van der Waals surface area contributed by atoms with E-state index >= 15 is 0 Å². The van der Waals surface area contributed by atoms with Gasteiger partial charge in [-0.1, -0.05) is 0 Å². The number of amides is 1. The quantitative estimate of drug-likeness (QED) is 0.889. The van der Waals surface area contributed by atoms with Crippen LogP contribution in [0, 0.1) is 11.7 Å². The first-order valence-electron chi connectivity index (χ1n) is 7.01. The van der Waals surface area contributed by atoms with Gasteiger partial charge in [0.2, 0.25) is 5.91 Å². The van der Waals surface area contributed by atoms with Gasteiger partial charge in [0.15, 0.2) is 0 Å². The fraction of sp³-hybridized carbons (Fsp3) is 0.312. The van der Waals surface area contributed by atoms with Gasteiger partial charge in [0, 0.05) is 18.1 Å². The molecule has 2 N–H and O–H groups in total. The van der Waals surface area contributed by atoms with Gasteiger partial charge in [-0.15, -0.1) is 0 Å². The third-order valence-corrected chi connectivity index (χ3v) is 3.64. The summed E-state index contributed by atoms with van der Waals surface area (Å²) in [4.78, 5) is 11.9. The van der Waals surface area contributed by atoms with Crippen molar-refractivity contribution in [2.45, 2.75) is 25.5 Å². The number of aliphatic hydroxyl groups is 1. The number of benzene rings is 1. The number of aromatic nitrogens is 1. The molecule has 3 rings (SSSR count). The summed E-state index contributed by atoms with van der Waals surface area (Å²) in [6.45, 7) is 0.161. The van der Waals surface area contributed by atoms with Crippen LogP contribution in [0.15, 0.2) is 42.7 Å². The summed E-state index contributed by atoms with van der Waals surface area (Å²) in [5, 5.41) is 12.7. The first kappa shape index (κ1) is 13.8. The monoisotopic (exact) mass is 288 g/mol. The molecule has 1 aromatic heterocycles. The molecule has 0 bridgehead atoms. The Morgan fingerprint density at radius 3 is 2.71 bits per heavy atom. The van der Waals surface area contributed by atoms with Gasteiger partial charge in [-0.25, -0.2) is 4.39 Å². The van der Waals surface area contributed by atoms with Gasteiger partial charge in [-0.3, -0.25) is 4.79 Å². The summed E-state index contributed by atoms with van der Waals surface area (Å²) in [7, 11) is 0. The lowest BCUT2D eigenvalue weighted by Crippen LogP contribution is -2.17. The molecular formula is C16H17FN2O2.